The highest BCUT2D eigenvalue weighted by atomic mass is 16.5. The van der Waals surface area contributed by atoms with Gasteiger partial charge in [-0.1, -0.05) is 19.1 Å². The number of nitrogens with one attached hydrogen (secondary N) is 1. The Bertz CT molecular complexity index is 377. The first kappa shape index (κ1) is 13.2. The van der Waals surface area contributed by atoms with Gasteiger partial charge in [-0.3, -0.25) is 4.79 Å². The van der Waals surface area contributed by atoms with Gasteiger partial charge in [0.05, 0.1) is 6.61 Å². The first-order chi connectivity index (χ1) is 8.26. The fourth-order valence-corrected chi connectivity index (χ4v) is 1.47. The van der Waals surface area contributed by atoms with Gasteiger partial charge in [-0.05, 0) is 24.1 Å². The van der Waals surface area contributed by atoms with Gasteiger partial charge < -0.3 is 10.1 Å². The number of anilines is 1. The molecule has 0 bridgehead atoms. The zero-order valence-electron chi connectivity index (χ0n) is 9.86. The number of amides is 1. The van der Waals surface area contributed by atoms with Gasteiger partial charge in [-0.2, -0.15) is 0 Å². The van der Waals surface area contributed by atoms with Gasteiger partial charge in [0.1, 0.15) is 0 Å². The van der Waals surface area contributed by atoms with Crippen molar-refractivity contribution in [1.82, 2.24) is 0 Å². The van der Waals surface area contributed by atoms with Crippen molar-refractivity contribution in [3.8, 4) is 0 Å². The molecule has 4 heteroatoms. The van der Waals surface area contributed by atoms with Crippen LogP contribution in [0.15, 0.2) is 24.3 Å². The third kappa shape index (κ3) is 5.15. The summed E-state index contributed by atoms with van der Waals surface area (Å²) in [4.78, 5) is 21.3. The minimum Gasteiger partial charge on any atom is -0.457 e. The van der Waals surface area contributed by atoms with Crippen LogP contribution in [0.3, 0.4) is 0 Å². The van der Waals surface area contributed by atoms with E-state index in [1.807, 2.05) is 31.2 Å². The predicted molar refractivity (Wildman–Crippen MR) is 65.3 cm³/mol. The third-order valence-electron chi connectivity index (χ3n) is 2.24. The molecule has 1 aromatic rings. The SMILES string of the molecule is CCCC(=O)Nc1cccc(CCO[C]=O)c1. The normalized spacial score (nSPS) is 9.71. The summed E-state index contributed by atoms with van der Waals surface area (Å²) in [5, 5.41) is 2.82. The van der Waals surface area contributed by atoms with Crippen molar-refractivity contribution in [2.45, 2.75) is 26.2 Å². The van der Waals surface area contributed by atoms with E-state index in [0.717, 1.165) is 17.7 Å². The summed E-state index contributed by atoms with van der Waals surface area (Å²) in [5.74, 6) is 0.0159. The Morgan fingerprint density at radius 3 is 3.00 bits per heavy atom. The summed E-state index contributed by atoms with van der Waals surface area (Å²) >= 11 is 0. The van der Waals surface area contributed by atoms with Crippen LogP contribution >= 0.6 is 0 Å². The molecule has 0 unspecified atom stereocenters. The molecular formula is C13H16NO3. The number of rotatable bonds is 7. The molecule has 91 valence electrons. The Balaban J connectivity index is 2.53. The molecular weight excluding hydrogens is 218 g/mol. The van der Waals surface area contributed by atoms with Crippen molar-refractivity contribution in [2.24, 2.45) is 0 Å². The zero-order valence-corrected chi connectivity index (χ0v) is 9.86. The summed E-state index contributed by atoms with van der Waals surface area (Å²) in [6.45, 7) is 3.64. The molecule has 1 amide bonds. The van der Waals surface area contributed by atoms with E-state index in [1.54, 1.807) is 0 Å². The second-order valence-corrected chi connectivity index (χ2v) is 3.68. The number of hydrogen-bond donors (Lipinski definition) is 1. The van der Waals surface area contributed by atoms with Gasteiger partial charge in [0, 0.05) is 18.5 Å². The molecule has 4 nitrogen and oxygen atoms in total. The van der Waals surface area contributed by atoms with E-state index in [1.165, 1.54) is 6.47 Å². The lowest BCUT2D eigenvalue weighted by Crippen LogP contribution is -2.10. The molecule has 0 saturated heterocycles. The fourth-order valence-electron chi connectivity index (χ4n) is 1.47. The molecule has 1 N–H and O–H groups in total. The van der Waals surface area contributed by atoms with Gasteiger partial charge in [0.25, 0.3) is 0 Å². The number of carbonyl (C=O) groups is 1. The molecule has 0 aromatic heterocycles. The largest absolute Gasteiger partial charge is 0.457 e. The Labute approximate surface area is 101 Å². The molecule has 0 spiro atoms. The van der Waals surface area contributed by atoms with Crippen LogP contribution in [0.25, 0.3) is 0 Å². The van der Waals surface area contributed by atoms with Crippen LogP contribution in [0, 0.1) is 0 Å². The Hall–Kier alpha value is -1.84. The molecule has 0 fully saturated rings. The molecule has 0 aliphatic heterocycles. The maximum atomic E-state index is 11.4. The number of ether oxygens (including phenoxy) is 1. The maximum Gasteiger partial charge on any atom is 0.417 e. The molecule has 0 saturated carbocycles. The van der Waals surface area contributed by atoms with Crippen molar-refractivity contribution in [3.05, 3.63) is 29.8 Å². The monoisotopic (exact) mass is 234 g/mol. The van der Waals surface area contributed by atoms with Crippen molar-refractivity contribution >= 4 is 18.1 Å². The van der Waals surface area contributed by atoms with Crippen molar-refractivity contribution < 1.29 is 14.3 Å². The van der Waals surface area contributed by atoms with Gasteiger partial charge in [0.15, 0.2) is 0 Å². The molecule has 0 heterocycles. The topological polar surface area (TPSA) is 55.4 Å². The number of hydrogen-bond acceptors (Lipinski definition) is 3. The highest BCUT2D eigenvalue weighted by Gasteiger charge is 2.01. The lowest BCUT2D eigenvalue weighted by atomic mass is 10.1. The van der Waals surface area contributed by atoms with Gasteiger partial charge in [0.2, 0.25) is 5.91 Å². The zero-order chi connectivity index (χ0) is 12.5. The minimum absolute atomic E-state index is 0.0159. The highest BCUT2D eigenvalue weighted by molar-refractivity contribution is 5.90. The van der Waals surface area contributed by atoms with E-state index in [-0.39, 0.29) is 5.91 Å². The van der Waals surface area contributed by atoms with Crippen molar-refractivity contribution in [3.63, 3.8) is 0 Å². The summed E-state index contributed by atoms with van der Waals surface area (Å²) in [7, 11) is 0. The summed E-state index contributed by atoms with van der Waals surface area (Å²) in [6, 6.07) is 7.50. The molecule has 17 heavy (non-hydrogen) atoms. The molecule has 0 atom stereocenters. The van der Waals surface area contributed by atoms with Crippen LogP contribution in [-0.2, 0) is 20.7 Å². The number of benzene rings is 1. The van der Waals surface area contributed by atoms with Crippen molar-refractivity contribution in [2.75, 3.05) is 11.9 Å². The van der Waals surface area contributed by atoms with Gasteiger partial charge >= 0.3 is 6.47 Å². The molecule has 0 aliphatic rings. The second-order valence-electron chi connectivity index (χ2n) is 3.68. The van der Waals surface area contributed by atoms with Gasteiger partial charge in [-0.25, -0.2) is 4.79 Å². The highest BCUT2D eigenvalue weighted by Crippen LogP contribution is 2.11. The third-order valence-corrected chi connectivity index (χ3v) is 2.24. The molecule has 1 radical (unpaired) electrons. The van der Waals surface area contributed by atoms with Crippen LogP contribution in [0.2, 0.25) is 0 Å². The Morgan fingerprint density at radius 1 is 1.47 bits per heavy atom. The second kappa shape index (κ2) is 7.44. The molecule has 1 aromatic carbocycles. The quantitative estimate of drug-likeness (QED) is 0.734. The Kier molecular flexibility index (Phi) is 5.79. The molecule has 0 aliphatic carbocycles. The van der Waals surface area contributed by atoms with Crippen LogP contribution in [-0.4, -0.2) is 19.0 Å². The van der Waals surface area contributed by atoms with Crippen LogP contribution < -0.4 is 5.32 Å². The maximum absolute atomic E-state index is 11.4. The summed E-state index contributed by atoms with van der Waals surface area (Å²) < 4.78 is 4.50. The van der Waals surface area contributed by atoms with Crippen LogP contribution in [0.5, 0.6) is 0 Å². The smallest absolute Gasteiger partial charge is 0.417 e. The summed E-state index contributed by atoms with van der Waals surface area (Å²) in [6.07, 6.45) is 1.97. The van der Waals surface area contributed by atoms with E-state index in [0.29, 0.717) is 19.4 Å². The van der Waals surface area contributed by atoms with Crippen molar-refractivity contribution in [1.29, 1.82) is 0 Å². The van der Waals surface area contributed by atoms with E-state index in [2.05, 4.69) is 10.1 Å². The van der Waals surface area contributed by atoms with E-state index in [9.17, 15) is 9.59 Å². The fraction of sp³-hybridized carbons (Fsp3) is 0.385. The van der Waals surface area contributed by atoms with Gasteiger partial charge in [-0.15, -0.1) is 0 Å². The molecule has 1 rings (SSSR count). The average Bonchev–Trinajstić information content (AvgIpc) is 2.30. The lowest BCUT2D eigenvalue weighted by molar-refractivity contribution is -0.116. The lowest BCUT2D eigenvalue weighted by Gasteiger charge is -2.06. The van der Waals surface area contributed by atoms with Crippen LogP contribution in [0.4, 0.5) is 5.69 Å². The standard InChI is InChI=1S/C13H16NO3/c1-2-4-13(16)14-12-6-3-5-11(9-12)7-8-17-10-15/h3,5-6,9H,2,4,7-8H2,1H3,(H,14,16). The Morgan fingerprint density at radius 2 is 2.29 bits per heavy atom. The summed E-state index contributed by atoms with van der Waals surface area (Å²) in [5.41, 5.74) is 1.78. The van der Waals surface area contributed by atoms with E-state index in [4.69, 9.17) is 0 Å². The minimum atomic E-state index is 0.0159. The van der Waals surface area contributed by atoms with E-state index < -0.39 is 0 Å². The van der Waals surface area contributed by atoms with Crippen LogP contribution in [0.1, 0.15) is 25.3 Å². The predicted octanol–water partition coefficient (Wildman–Crippen LogP) is 2.05. The van der Waals surface area contributed by atoms with E-state index >= 15 is 0 Å². The first-order valence-corrected chi connectivity index (χ1v) is 5.64. The first-order valence-electron chi connectivity index (χ1n) is 5.64. The average molecular weight is 234 g/mol. The number of carbonyl (C=O) groups excluding carboxylic acids is 2.